The van der Waals surface area contributed by atoms with E-state index in [0.29, 0.717) is 33.3 Å². The fourth-order valence-corrected chi connectivity index (χ4v) is 4.72. The molecule has 0 saturated heterocycles. The molecule has 206 valence electrons. The number of nitrogens with zero attached hydrogens (tertiary/aromatic N) is 4. The Kier molecular flexibility index (Phi) is 9.43. The van der Waals surface area contributed by atoms with E-state index in [1.165, 1.54) is 17.0 Å². The van der Waals surface area contributed by atoms with Crippen LogP contribution in [0.1, 0.15) is 36.7 Å². The number of nitrogens with one attached hydrogen (secondary N) is 1. The van der Waals surface area contributed by atoms with Crippen LogP contribution in [0, 0.1) is 17.0 Å². The van der Waals surface area contributed by atoms with E-state index in [-0.39, 0.29) is 22.6 Å². The molecule has 40 heavy (non-hydrogen) atoms. The lowest BCUT2D eigenvalue weighted by atomic mass is 10.2. The van der Waals surface area contributed by atoms with Crippen molar-refractivity contribution in [2.45, 2.75) is 33.1 Å². The van der Waals surface area contributed by atoms with Crippen molar-refractivity contribution in [3.05, 3.63) is 101 Å². The molecular weight excluding hydrogens is 646 g/mol. The van der Waals surface area contributed by atoms with Crippen molar-refractivity contribution < 1.29 is 14.5 Å². The lowest BCUT2D eigenvalue weighted by molar-refractivity contribution is -0.385. The first kappa shape index (κ1) is 29.1. The number of anilines is 1. The normalized spacial score (nSPS) is 11.2. The Balaban J connectivity index is 1.71. The molecule has 0 fully saturated rings. The first-order chi connectivity index (χ1) is 19.2. The zero-order valence-electron chi connectivity index (χ0n) is 21.7. The quantitative estimate of drug-likeness (QED) is 0.118. The third-order valence-corrected chi connectivity index (χ3v) is 6.84. The van der Waals surface area contributed by atoms with Gasteiger partial charge < -0.3 is 10.1 Å². The topological polar surface area (TPSA) is 129 Å². The van der Waals surface area contributed by atoms with Crippen LogP contribution < -0.4 is 15.6 Å². The van der Waals surface area contributed by atoms with Gasteiger partial charge in [-0.3, -0.25) is 19.7 Å². The van der Waals surface area contributed by atoms with Crippen molar-refractivity contribution >= 4 is 66.3 Å². The smallest absolute Gasteiger partial charge is 0.312 e. The Morgan fingerprint density at radius 3 is 2.60 bits per heavy atom. The Bertz CT molecular complexity index is 1670. The van der Waals surface area contributed by atoms with Gasteiger partial charge in [-0.25, -0.2) is 4.98 Å². The molecule has 1 heterocycles. The molecule has 0 spiro atoms. The molecule has 0 radical (unpaired) electrons. The van der Waals surface area contributed by atoms with E-state index in [1.54, 1.807) is 30.3 Å². The average Bonchev–Trinajstić information content (AvgIpc) is 2.92. The average molecular weight is 671 g/mol. The van der Waals surface area contributed by atoms with Crippen LogP contribution in [0.15, 0.2) is 73.4 Å². The standard InChI is InChI=1S/C28H25Br2N5O5/c1-3-4-5-25-33-23-11-8-19(29)13-22(23)28(37)34(25)31-15-18-12-20(30)14-24(35(38)39)27(18)40-16-26(36)32-21-9-6-17(2)7-10-21/h6-15H,3-5,16H2,1-2H3,(H,32,36). The van der Waals surface area contributed by atoms with Crippen LogP contribution in [-0.2, 0) is 11.2 Å². The number of hydrogen-bond acceptors (Lipinski definition) is 7. The molecule has 0 atom stereocenters. The number of hydrogen-bond donors (Lipinski definition) is 1. The number of fused-ring (bicyclic) bond motifs is 1. The van der Waals surface area contributed by atoms with Gasteiger partial charge in [-0.1, -0.05) is 62.9 Å². The first-order valence-corrected chi connectivity index (χ1v) is 14.0. The second-order valence-corrected chi connectivity index (χ2v) is 10.8. The van der Waals surface area contributed by atoms with Crippen molar-refractivity contribution in [2.24, 2.45) is 5.10 Å². The number of ether oxygens (including phenoxy) is 1. The largest absolute Gasteiger partial charge is 0.476 e. The maximum absolute atomic E-state index is 13.4. The Morgan fingerprint density at radius 2 is 1.90 bits per heavy atom. The van der Waals surface area contributed by atoms with Crippen LogP contribution in [-0.4, -0.2) is 33.3 Å². The molecule has 0 bridgehead atoms. The van der Waals surface area contributed by atoms with Gasteiger partial charge in [0.05, 0.1) is 22.0 Å². The highest BCUT2D eigenvalue weighted by Gasteiger charge is 2.22. The number of halogens is 2. The molecule has 1 amide bonds. The maximum Gasteiger partial charge on any atom is 0.312 e. The van der Waals surface area contributed by atoms with E-state index in [2.05, 4.69) is 47.3 Å². The van der Waals surface area contributed by atoms with Crippen molar-refractivity contribution in [3.8, 4) is 5.75 Å². The molecule has 0 aliphatic rings. The summed E-state index contributed by atoms with van der Waals surface area (Å²) in [6, 6.07) is 15.3. The van der Waals surface area contributed by atoms with Gasteiger partial charge in [0.2, 0.25) is 5.75 Å². The minimum atomic E-state index is -0.608. The summed E-state index contributed by atoms with van der Waals surface area (Å²) in [5.74, 6) is -0.190. The lowest BCUT2D eigenvalue weighted by Gasteiger charge is -2.12. The van der Waals surface area contributed by atoms with Gasteiger partial charge in [0.15, 0.2) is 6.61 Å². The molecule has 12 heteroatoms. The predicted octanol–water partition coefficient (Wildman–Crippen LogP) is 6.38. The number of amides is 1. The van der Waals surface area contributed by atoms with Crippen LogP contribution >= 0.6 is 31.9 Å². The highest BCUT2D eigenvalue weighted by molar-refractivity contribution is 9.10. The van der Waals surface area contributed by atoms with Crippen LogP contribution in [0.3, 0.4) is 0 Å². The van der Waals surface area contributed by atoms with E-state index in [1.807, 2.05) is 32.0 Å². The molecule has 4 rings (SSSR count). The summed E-state index contributed by atoms with van der Waals surface area (Å²) >= 11 is 6.67. The van der Waals surface area contributed by atoms with Gasteiger partial charge in [-0.2, -0.15) is 9.78 Å². The third-order valence-electron chi connectivity index (χ3n) is 5.88. The summed E-state index contributed by atoms with van der Waals surface area (Å²) in [6.45, 7) is 3.48. The fourth-order valence-electron chi connectivity index (χ4n) is 3.89. The van der Waals surface area contributed by atoms with Crippen LogP contribution in [0.2, 0.25) is 0 Å². The van der Waals surface area contributed by atoms with Gasteiger partial charge >= 0.3 is 5.69 Å². The van der Waals surface area contributed by atoms with E-state index in [0.717, 1.165) is 22.9 Å². The summed E-state index contributed by atoms with van der Waals surface area (Å²) in [6.07, 6.45) is 3.48. The van der Waals surface area contributed by atoms with E-state index >= 15 is 0 Å². The summed E-state index contributed by atoms with van der Waals surface area (Å²) < 4.78 is 7.99. The lowest BCUT2D eigenvalue weighted by Crippen LogP contribution is -2.23. The molecular formula is C28H25Br2N5O5. The molecule has 10 nitrogen and oxygen atoms in total. The van der Waals surface area contributed by atoms with Gasteiger partial charge in [0.25, 0.3) is 11.5 Å². The number of carbonyl (C=O) groups excluding carboxylic acids is 1. The number of benzene rings is 3. The van der Waals surface area contributed by atoms with Gasteiger partial charge in [-0.05, 0) is 49.7 Å². The van der Waals surface area contributed by atoms with Gasteiger partial charge in [0, 0.05) is 32.7 Å². The zero-order chi connectivity index (χ0) is 28.8. The summed E-state index contributed by atoms with van der Waals surface area (Å²) in [7, 11) is 0. The Hall–Kier alpha value is -3.90. The second kappa shape index (κ2) is 13.0. The molecule has 0 unspecified atom stereocenters. The zero-order valence-corrected chi connectivity index (χ0v) is 24.9. The SMILES string of the molecule is CCCCc1nc2ccc(Br)cc2c(=O)n1N=Cc1cc(Br)cc([N+](=O)[O-])c1OCC(=O)Nc1ccc(C)cc1. The van der Waals surface area contributed by atoms with Crippen LogP contribution in [0.5, 0.6) is 5.75 Å². The van der Waals surface area contributed by atoms with Crippen molar-refractivity contribution in [1.82, 2.24) is 9.66 Å². The van der Waals surface area contributed by atoms with E-state index < -0.39 is 17.4 Å². The first-order valence-electron chi connectivity index (χ1n) is 12.4. The van der Waals surface area contributed by atoms with Crippen molar-refractivity contribution in [2.75, 3.05) is 11.9 Å². The minimum absolute atomic E-state index is 0.157. The summed E-state index contributed by atoms with van der Waals surface area (Å²) in [5, 5.41) is 19.3. The Labute approximate surface area is 246 Å². The molecule has 4 aromatic rings. The van der Waals surface area contributed by atoms with Gasteiger partial charge in [0.1, 0.15) is 5.82 Å². The van der Waals surface area contributed by atoms with E-state index in [9.17, 15) is 19.7 Å². The molecule has 1 aromatic heterocycles. The summed E-state index contributed by atoms with van der Waals surface area (Å²) in [5.41, 5.74) is 1.62. The summed E-state index contributed by atoms with van der Waals surface area (Å²) in [4.78, 5) is 41.9. The number of nitro benzene ring substituents is 1. The van der Waals surface area contributed by atoms with Crippen molar-refractivity contribution in [3.63, 3.8) is 0 Å². The minimum Gasteiger partial charge on any atom is -0.476 e. The third kappa shape index (κ3) is 6.99. The number of aromatic nitrogens is 2. The van der Waals surface area contributed by atoms with E-state index in [4.69, 9.17) is 4.74 Å². The fraction of sp³-hybridized carbons (Fsp3) is 0.214. The highest BCUT2D eigenvalue weighted by Crippen LogP contribution is 2.34. The molecule has 0 aliphatic heterocycles. The number of unbranched alkanes of at least 4 members (excludes halogenated alkanes) is 1. The molecule has 1 N–H and O–H groups in total. The predicted molar refractivity (Wildman–Crippen MR) is 161 cm³/mol. The number of nitro groups is 1. The molecule has 0 aliphatic carbocycles. The van der Waals surface area contributed by atoms with Crippen LogP contribution in [0.4, 0.5) is 11.4 Å². The van der Waals surface area contributed by atoms with Gasteiger partial charge in [-0.15, -0.1) is 0 Å². The van der Waals surface area contributed by atoms with Crippen LogP contribution in [0.25, 0.3) is 10.9 Å². The monoisotopic (exact) mass is 669 g/mol. The number of aryl methyl sites for hydroxylation is 2. The molecule has 0 saturated carbocycles. The second-order valence-electron chi connectivity index (χ2n) is 8.96. The highest BCUT2D eigenvalue weighted by atomic mass is 79.9. The van der Waals surface area contributed by atoms with Crippen molar-refractivity contribution in [1.29, 1.82) is 0 Å². The Morgan fingerprint density at radius 1 is 1.15 bits per heavy atom. The number of carbonyl (C=O) groups is 1. The molecule has 3 aromatic carbocycles. The number of rotatable bonds is 10. The maximum atomic E-state index is 13.4.